The van der Waals surface area contributed by atoms with Crippen molar-refractivity contribution in [3.05, 3.63) is 62.5 Å². The monoisotopic (exact) mass is 391 g/mol. The Hall–Kier alpha value is -2.08. The molecule has 24 heavy (non-hydrogen) atoms. The van der Waals surface area contributed by atoms with Crippen LogP contribution in [0.3, 0.4) is 0 Å². The van der Waals surface area contributed by atoms with E-state index in [0.29, 0.717) is 13.1 Å². The highest BCUT2D eigenvalue weighted by Gasteiger charge is 2.08. The lowest BCUT2D eigenvalue weighted by Crippen LogP contribution is -2.30. The SMILES string of the molecule is Cc1cc(Br)cc(C)c1NC(=O)NCCCCn1ccccc1=O. The summed E-state index contributed by atoms with van der Waals surface area (Å²) < 4.78 is 2.67. The summed E-state index contributed by atoms with van der Waals surface area (Å²) >= 11 is 3.44. The number of nitrogens with zero attached hydrogens (tertiary/aromatic N) is 1. The van der Waals surface area contributed by atoms with Gasteiger partial charge in [-0.2, -0.15) is 0 Å². The van der Waals surface area contributed by atoms with E-state index in [1.165, 1.54) is 0 Å². The van der Waals surface area contributed by atoms with E-state index >= 15 is 0 Å². The van der Waals surface area contributed by atoms with Crippen molar-refractivity contribution in [1.29, 1.82) is 0 Å². The van der Waals surface area contributed by atoms with Crippen molar-refractivity contribution in [2.75, 3.05) is 11.9 Å². The molecule has 0 bridgehead atoms. The first kappa shape index (κ1) is 18.3. The first-order valence-corrected chi connectivity index (χ1v) is 8.74. The van der Waals surface area contributed by atoms with Crippen LogP contribution >= 0.6 is 15.9 Å². The second-order valence-electron chi connectivity index (χ2n) is 5.73. The fourth-order valence-electron chi connectivity index (χ4n) is 2.52. The Balaban J connectivity index is 1.74. The zero-order valence-electron chi connectivity index (χ0n) is 13.9. The van der Waals surface area contributed by atoms with Crippen LogP contribution in [0.2, 0.25) is 0 Å². The van der Waals surface area contributed by atoms with Crippen LogP contribution in [-0.2, 0) is 6.54 Å². The van der Waals surface area contributed by atoms with E-state index < -0.39 is 0 Å². The number of amides is 2. The number of aromatic nitrogens is 1. The third-order valence-electron chi connectivity index (χ3n) is 3.75. The summed E-state index contributed by atoms with van der Waals surface area (Å²) in [5.41, 5.74) is 2.87. The Bertz CT molecular complexity index is 748. The summed E-state index contributed by atoms with van der Waals surface area (Å²) in [6, 6.07) is 8.86. The fraction of sp³-hybridized carbons (Fsp3) is 0.333. The number of benzene rings is 1. The van der Waals surface area contributed by atoms with Crippen molar-refractivity contribution in [1.82, 2.24) is 9.88 Å². The third-order valence-corrected chi connectivity index (χ3v) is 4.20. The number of nitrogens with one attached hydrogen (secondary N) is 2. The van der Waals surface area contributed by atoms with Crippen LogP contribution in [-0.4, -0.2) is 17.1 Å². The van der Waals surface area contributed by atoms with E-state index in [4.69, 9.17) is 0 Å². The number of halogens is 1. The van der Waals surface area contributed by atoms with Crippen molar-refractivity contribution in [3.8, 4) is 0 Å². The number of unbranched alkanes of at least 4 members (excludes halogenated alkanes) is 1. The molecule has 0 unspecified atom stereocenters. The summed E-state index contributed by atoms with van der Waals surface area (Å²) in [6.07, 6.45) is 3.43. The van der Waals surface area contributed by atoms with Gasteiger partial charge < -0.3 is 15.2 Å². The highest BCUT2D eigenvalue weighted by atomic mass is 79.9. The standard InChI is InChI=1S/C18H22BrN3O2/c1-13-11-15(19)12-14(2)17(13)21-18(24)20-8-4-6-10-22-9-5-3-7-16(22)23/h3,5,7,9,11-12H,4,6,8,10H2,1-2H3,(H2,20,21,24). The molecule has 0 saturated heterocycles. The Kier molecular flexibility index (Phi) is 6.61. The summed E-state index contributed by atoms with van der Waals surface area (Å²) in [7, 11) is 0. The van der Waals surface area contributed by atoms with Gasteiger partial charge in [-0.25, -0.2) is 4.79 Å². The molecule has 0 saturated carbocycles. The van der Waals surface area contributed by atoms with Crippen molar-refractivity contribution in [2.45, 2.75) is 33.2 Å². The molecule has 2 aromatic rings. The molecular formula is C18H22BrN3O2. The topological polar surface area (TPSA) is 63.1 Å². The lowest BCUT2D eigenvalue weighted by molar-refractivity contribution is 0.252. The quantitative estimate of drug-likeness (QED) is 0.734. The van der Waals surface area contributed by atoms with Crippen LogP contribution in [0.15, 0.2) is 45.8 Å². The van der Waals surface area contributed by atoms with Crippen LogP contribution in [0.5, 0.6) is 0 Å². The number of urea groups is 1. The van der Waals surface area contributed by atoms with Gasteiger partial charge in [0.2, 0.25) is 5.56 Å². The average molecular weight is 392 g/mol. The Labute approximate surface area is 150 Å². The maximum absolute atomic E-state index is 12.0. The second-order valence-corrected chi connectivity index (χ2v) is 6.65. The summed E-state index contributed by atoms with van der Waals surface area (Å²) in [5, 5.41) is 5.75. The van der Waals surface area contributed by atoms with Gasteiger partial charge >= 0.3 is 6.03 Å². The van der Waals surface area contributed by atoms with Gasteiger partial charge in [-0.05, 0) is 56.0 Å². The molecule has 0 aliphatic rings. The molecule has 0 fully saturated rings. The number of hydrogen-bond donors (Lipinski definition) is 2. The third kappa shape index (κ3) is 5.23. The Morgan fingerprint density at radius 2 is 1.88 bits per heavy atom. The molecule has 0 spiro atoms. The zero-order valence-corrected chi connectivity index (χ0v) is 15.5. The van der Waals surface area contributed by atoms with Crippen molar-refractivity contribution in [3.63, 3.8) is 0 Å². The van der Waals surface area contributed by atoms with Gasteiger partial charge in [-0.15, -0.1) is 0 Å². The van der Waals surface area contributed by atoms with E-state index in [-0.39, 0.29) is 11.6 Å². The maximum atomic E-state index is 12.0. The van der Waals surface area contributed by atoms with Crippen molar-refractivity contribution < 1.29 is 4.79 Å². The molecule has 2 N–H and O–H groups in total. The maximum Gasteiger partial charge on any atom is 0.319 e. The lowest BCUT2D eigenvalue weighted by Gasteiger charge is -2.13. The zero-order chi connectivity index (χ0) is 17.5. The Morgan fingerprint density at radius 1 is 1.17 bits per heavy atom. The summed E-state index contributed by atoms with van der Waals surface area (Å²) in [5.74, 6) is 0. The van der Waals surface area contributed by atoms with Crippen LogP contribution in [0, 0.1) is 13.8 Å². The largest absolute Gasteiger partial charge is 0.338 e. The van der Waals surface area contributed by atoms with Gasteiger partial charge in [0, 0.05) is 35.5 Å². The van der Waals surface area contributed by atoms with E-state index in [1.807, 2.05) is 32.0 Å². The van der Waals surface area contributed by atoms with Gasteiger partial charge in [0.15, 0.2) is 0 Å². The molecule has 5 nitrogen and oxygen atoms in total. The van der Waals surface area contributed by atoms with Gasteiger partial charge in [0.25, 0.3) is 0 Å². The van der Waals surface area contributed by atoms with Crippen molar-refractivity contribution >= 4 is 27.6 Å². The number of pyridine rings is 1. The van der Waals surface area contributed by atoms with Crippen LogP contribution in [0.1, 0.15) is 24.0 Å². The molecule has 1 aromatic heterocycles. The van der Waals surface area contributed by atoms with Gasteiger partial charge in [0.1, 0.15) is 0 Å². The Morgan fingerprint density at radius 3 is 2.54 bits per heavy atom. The lowest BCUT2D eigenvalue weighted by atomic mass is 10.1. The van der Waals surface area contributed by atoms with Gasteiger partial charge in [-0.3, -0.25) is 4.79 Å². The second kappa shape index (κ2) is 8.68. The number of carbonyl (C=O) groups excluding carboxylic acids is 1. The van der Waals surface area contributed by atoms with E-state index in [0.717, 1.165) is 34.1 Å². The molecule has 2 rings (SSSR count). The van der Waals surface area contributed by atoms with Crippen LogP contribution < -0.4 is 16.2 Å². The number of anilines is 1. The summed E-state index contributed by atoms with van der Waals surface area (Å²) in [6.45, 7) is 5.16. The molecular weight excluding hydrogens is 370 g/mol. The molecule has 1 heterocycles. The normalized spacial score (nSPS) is 10.5. The number of aryl methyl sites for hydroxylation is 3. The molecule has 2 amide bonds. The van der Waals surface area contributed by atoms with E-state index in [2.05, 4.69) is 26.6 Å². The fourth-order valence-corrected chi connectivity index (χ4v) is 3.21. The van der Waals surface area contributed by atoms with E-state index in [1.54, 1.807) is 22.9 Å². The van der Waals surface area contributed by atoms with Gasteiger partial charge in [-0.1, -0.05) is 22.0 Å². The predicted octanol–water partition coefficient (Wildman–Crippen LogP) is 3.83. The molecule has 1 aromatic carbocycles. The number of hydrogen-bond acceptors (Lipinski definition) is 2. The first-order chi connectivity index (χ1) is 11.5. The molecule has 6 heteroatoms. The molecule has 0 aliphatic carbocycles. The number of carbonyl (C=O) groups is 1. The first-order valence-electron chi connectivity index (χ1n) is 7.94. The number of rotatable bonds is 6. The predicted molar refractivity (Wildman–Crippen MR) is 101 cm³/mol. The van der Waals surface area contributed by atoms with Crippen LogP contribution in [0.25, 0.3) is 0 Å². The van der Waals surface area contributed by atoms with Crippen LogP contribution in [0.4, 0.5) is 10.5 Å². The summed E-state index contributed by atoms with van der Waals surface area (Å²) in [4.78, 5) is 23.6. The molecule has 0 radical (unpaired) electrons. The minimum absolute atomic E-state index is 0.00407. The van der Waals surface area contributed by atoms with E-state index in [9.17, 15) is 9.59 Å². The van der Waals surface area contributed by atoms with Gasteiger partial charge in [0.05, 0.1) is 0 Å². The molecule has 0 atom stereocenters. The average Bonchev–Trinajstić information content (AvgIpc) is 2.52. The molecule has 128 valence electrons. The van der Waals surface area contributed by atoms with Crippen molar-refractivity contribution in [2.24, 2.45) is 0 Å². The highest BCUT2D eigenvalue weighted by Crippen LogP contribution is 2.24. The molecule has 0 aliphatic heterocycles. The highest BCUT2D eigenvalue weighted by molar-refractivity contribution is 9.10. The smallest absolute Gasteiger partial charge is 0.319 e. The minimum Gasteiger partial charge on any atom is -0.338 e. The minimum atomic E-state index is -0.208.